The van der Waals surface area contributed by atoms with Gasteiger partial charge in [0.2, 0.25) is 0 Å². The summed E-state index contributed by atoms with van der Waals surface area (Å²) in [4.78, 5) is 2.39. The summed E-state index contributed by atoms with van der Waals surface area (Å²) in [6.07, 6.45) is 0. The van der Waals surface area contributed by atoms with Gasteiger partial charge in [0.1, 0.15) is 0 Å². The predicted molar refractivity (Wildman–Crippen MR) is 217 cm³/mol. The van der Waals surface area contributed by atoms with Gasteiger partial charge >= 0.3 is 0 Å². The van der Waals surface area contributed by atoms with Crippen LogP contribution >= 0.6 is 0 Å². The van der Waals surface area contributed by atoms with E-state index in [-0.39, 0.29) is 5.41 Å². The van der Waals surface area contributed by atoms with E-state index in [0.29, 0.717) is 0 Å². The fourth-order valence-corrected chi connectivity index (χ4v) is 7.94. The predicted octanol–water partition coefficient (Wildman–Crippen LogP) is 13.9. The monoisotopic (exact) mass is 653 g/mol. The van der Waals surface area contributed by atoms with Crippen LogP contribution < -0.4 is 4.90 Å². The molecule has 51 heavy (non-hydrogen) atoms. The molecule has 8 aromatic rings. The maximum atomic E-state index is 2.42. The first-order valence-electron chi connectivity index (χ1n) is 17.8. The van der Waals surface area contributed by atoms with Crippen molar-refractivity contribution in [2.24, 2.45) is 0 Å². The molecular formula is C50H39N. The molecule has 0 fully saturated rings. The van der Waals surface area contributed by atoms with Crippen LogP contribution in [0.5, 0.6) is 0 Å². The highest BCUT2D eigenvalue weighted by atomic mass is 15.1. The largest absolute Gasteiger partial charge is 0.310 e. The van der Waals surface area contributed by atoms with Gasteiger partial charge in [0.05, 0.1) is 0 Å². The summed E-state index contributed by atoms with van der Waals surface area (Å²) in [6.45, 7) is 6.89. The smallest absolute Gasteiger partial charge is 0.0465 e. The second-order valence-electron chi connectivity index (χ2n) is 14.3. The van der Waals surface area contributed by atoms with Crippen LogP contribution in [0.2, 0.25) is 0 Å². The summed E-state index contributed by atoms with van der Waals surface area (Å²) in [6, 6.07) is 66.7. The molecule has 0 aliphatic heterocycles. The molecule has 0 saturated heterocycles. The number of rotatable bonds is 6. The number of anilines is 3. The van der Waals surface area contributed by atoms with Crippen LogP contribution in [0, 0.1) is 6.92 Å². The number of fused-ring (bicyclic) bond motifs is 4. The van der Waals surface area contributed by atoms with Crippen molar-refractivity contribution in [1.29, 1.82) is 0 Å². The average Bonchev–Trinajstić information content (AvgIpc) is 3.41. The quantitative estimate of drug-likeness (QED) is 0.173. The number of aryl methyl sites for hydroxylation is 1. The van der Waals surface area contributed by atoms with Crippen LogP contribution in [0.25, 0.3) is 55.3 Å². The van der Waals surface area contributed by atoms with Crippen molar-refractivity contribution in [3.05, 3.63) is 199 Å². The topological polar surface area (TPSA) is 3.24 Å². The lowest BCUT2D eigenvalue weighted by molar-refractivity contribution is 0.660. The third-order valence-corrected chi connectivity index (χ3v) is 10.8. The van der Waals surface area contributed by atoms with Gasteiger partial charge in [-0.15, -0.1) is 0 Å². The molecular weight excluding hydrogens is 615 g/mol. The van der Waals surface area contributed by atoms with Gasteiger partial charge in [0, 0.05) is 22.5 Å². The third-order valence-electron chi connectivity index (χ3n) is 10.8. The Balaban J connectivity index is 1.08. The fraction of sp³-hybridized carbons (Fsp3) is 0.0800. The van der Waals surface area contributed by atoms with Crippen molar-refractivity contribution in [1.82, 2.24) is 0 Å². The standard InChI is InChI=1S/C50H39N/c1-34-16-25-41(26-17-34)51(42-27-22-39(23-28-42)45-15-9-13-38-12-7-8-14-44(38)45)43-29-31-47-46-30-24-40(32-48(46)50(2,3)49(47)33-43)37-20-18-36(19-21-37)35-10-5-4-6-11-35/h4-33H,1-3H3. The molecule has 0 unspecified atom stereocenters. The Bertz CT molecular complexity index is 2520. The van der Waals surface area contributed by atoms with Crippen molar-refractivity contribution in [3.8, 4) is 44.5 Å². The zero-order chi connectivity index (χ0) is 34.5. The summed E-state index contributed by atoms with van der Waals surface area (Å²) in [7, 11) is 0. The number of hydrogen-bond acceptors (Lipinski definition) is 1. The number of nitrogens with zero attached hydrogens (tertiary/aromatic N) is 1. The molecule has 0 N–H and O–H groups in total. The Morgan fingerprint density at radius 1 is 0.373 bits per heavy atom. The Hall–Kier alpha value is -6.18. The SMILES string of the molecule is Cc1ccc(N(c2ccc(-c3cccc4ccccc34)cc2)c2ccc3c(c2)C(C)(C)c2cc(-c4ccc(-c5ccccc5)cc4)ccc2-3)cc1. The van der Waals surface area contributed by atoms with Crippen LogP contribution in [0.3, 0.4) is 0 Å². The van der Waals surface area contributed by atoms with Gasteiger partial charge in [0.15, 0.2) is 0 Å². The summed E-state index contributed by atoms with van der Waals surface area (Å²) in [5.41, 5.74) is 17.4. The molecule has 0 heterocycles. The van der Waals surface area contributed by atoms with Crippen LogP contribution in [-0.4, -0.2) is 0 Å². The fourth-order valence-electron chi connectivity index (χ4n) is 7.94. The molecule has 0 saturated carbocycles. The third kappa shape index (κ3) is 5.43. The van der Waals surface area contributed by atoms with E-state index < -0.39 is 0 Å². The summed E-state index contributed by atoms with van der Waals surface area (Å²) in [5, 5.41) is 2.53. The molecule has 8 aromatic carbocycles. The van der Waals surface area contributed by atoms with E-state index in [1.165, 1.54) is 72.0 Å². The van der Waals surface area contributed by atoms with Crippen LogP contribution in [0.4, 0.5) is 17.1 Å². The Morgan fingerprint density at radius 3 is 1.61 bits per heavy atom. The van der Waals surface area contributed by atoms with Gasteiger partial charge in [-0.3, -0.25) is 0 Å². The van der Waals surface area contributed by atoms with E-state index in [0.717, 1.165) is 17.1 Å². The van der Waals surface area contributed by atoms with Crippen LogP contribution in [0.15, 0.2) is 182 Å². The molecule has 0 bridgehead atoms. The second kappa shape index (κ2) is 12.3. The number of benzene rings is 8. The van der Waals surface area contributed by atoms with Gasteiger partial charge in [-0.1, -0.05) is 159 Å². The lowest BCUT2D eigenvalue weighted by atomic mass is 9.81. The molecule has 1 nitrogen and oxygen atoms in total. The Labute approximate surface area is 301 Å². The normalized spacial score (nSPS) is 12.8. The van der Waals surface area contributed by atoms with E-state index in [1.54, 1.807) is 0 Å². The Kier molecular flexibility index (Phi) is 7.44. The van der Waals surface area contributed by atoms with Gasteiger partial charge < -0.3 is 4.90 Å². The van der Waals surface area contributed by atoms with Crippen molar-refractivity contribution in [2.45, 2.75) is 26.2 Å². The summed E-state index contributed by atoms with van der Waals surface area (Å²) in [5.74, 6) is 0. The van der Waals surface area contributed by atoms with Crippen LogP contribution in [-0.2, 0) is 5.41 Å². The minimum atomic E-state index is -0.155. The first kappa shape index (κ1) is 30.8. The summed E-state index contributed by atoms with van der Waals surface area (Å²) >= 11 is 0. The van der Waals surface area contributed by atoms with E-state index >= 15 is 0 Å². The molecule has 0 radical (unpaired) electrons. The highest BCUT2D eigenvalue weighted by Crippen LogP contribution is 2.51. The van der Waals surface area contributed by atoms with Gasteiger partial charge in [0.25, 0.3) is 0 Å². The van der Waals surface area contributed by atoms with Crippen molar-refractivity contribution >= 4 is 27.8 Å². The highest BCUT2D eigenvalue weighted by molar-refractivity contribution is 5.97. The van der Waals surface area contributed by atoms with Gasteiger partial charge in [-0.05, 0) is 116 Å². The number of hydrogen-bond donors (Lipinski definition) is 0. The van der Waals surface area contributed by atoms with E-state index in [1.807, 2.05) is 0 Å². The second-order valence-corrected chi connectivity index (χ2v) is 14.3. The maximum Gasteiger partial charge on any atom is 0.0465 e. The lowest BCUT2D eigenvalue weighted by Crippen LogP contribution is -2.16. The minimum absolute atomic E-state index is 0.155. The zero-order valence-corrected chi connectivity index (χ0v) is 29.3. The molecule has 244 valence electrons. The molecule has 1 heteroatoms. The summed E-state index contributed by atoms with van der Waals surface area (Å²) < 4.78 is 0. The zero-order valence-electron chi connectivity index (χ0n) is 29.3. The van der Waals surface area contributed by atoms with Crippen molar-refractivity contribution < 1.29 is 0 Å². The van der Waals surface area contributed by atoms with E-state index in [4.69, 9.17) is 0 Å². The molecule has 0 amide bonds. The first-order chi connectivity index (χ1) is 24.9. The molecule has 0 spiro atoms. The Morgan fingerprint density at radius 2 is 0.882 bits per heavy atom. The molecule has 9 rings (SSSR count). The lowest BCUT2D eigenvalue weighted by Gasteiger charge is -2.28. The van der Waals surface area contributed by atoms with E-state index in [9.17, 15) is 0 Å². The maximum absolute atomic E-state index is 2.42. The van der Waals surface area contributed by atoms with E-state index in [2.05, 4.69) is 208 Å². The van der Waals surface area contributed by atoms with Crippen LogP contribution in [0.1, 0.15) is 30.5 Å². The highest BCUT2D eigenvalue weighted by Gasteiger charge is 2.36. The first-order valence-corrected chi connectivity index (χ1v) is 17.8. The van der Waals surface area contributed by atoms with Crippen molar-refractivity contribution in [3.63, 3.8) is 0 Å². The molecule has 1 aliphatic rings. The molecule has 0 aromatic heterocycles. The van der Waals surface area contributed by atoms with Gasteiger partial charge in [-0.25, -0.2) is 0 Å². The minimum Gasteiger partial charge on any atom is -0.310 e. The molecule has 1 aliphatic carbocycles. The average molecular weight is 654 g/mol. The van der Waals surface area contributed by atoms with Gasteiger partial charge in [-0.2, -0.15) is 0 Å². The molecule has 0 atom stereocenters. The van der Waals surface area contributed by atoms with Crippen molar-refractivity contribution in [2.75, 3.05) is 4.90 Å².